The Morgan fingerprint density at radius 1 is 1.33 bits per heavy atom. The third kappa shape index (κ3) is 3.05. The monoisotopic (exact) mass is 289 g/mol. The molecule has 1 aliphatic carbocycles. The molecule has 1 heterocycles. The van der Waals surface area contributed by atoms with Gasteiger partial charge in [-0.3, -0.25) is 0 Å². The molecule has 2 fully saturated rings. The Kier molecular flexibility index (Phi) is 4.15. The second-order valence-corrected chi connectivity index (χ2v) is 6.15. The van der Waals surface area contributed by atoms with E-state index in [4.69, 9.17) is 14.7 Å². The zero-order valence-electron chi connectivity index (χ0n) is 12.5. The third-order valence-electron chi connectivity index (χ3n) is 4.68. The molecule has 1 saturated heterocycles. The highest BCUT2D eigenvalue weighted by molar-refractivity contribution is 6.00. The van der Waals surface area contributed by atoms with Crippen molar-refractivity contribution in [3.63, 3.8) is 0 Å². The summed E-state index contributed by atoms with van der Waals surface area (Å²) in [5.41, 5.74) is 1.48. The predicted molar refractivity (Wildman–Crippen MR) is 81.2 cm³/mol. The Morgan fingerprint density at radius 2 is 2.10 bits per heavy atom. The fourth-order valence-electron chi connectivity index (χ4n) is 3.55. The van der Waals surface area contributed by atoms with E-state index >= 15 is 0 Å². The zero-order chi connectivity index (χ0) is 14.7. The molecule has 3 rings (SSSR count). The van der Waals surface area contributed by atoms with E-state index in [9.17, 15) is 0 Å². The van der Waals surface area contributed by atoms with Gasteiger partial charge in [-0.2, -0.15) is 0 Å². The number of hydrogen-bond acceptors (Lipinski definition) is 4. The normalized spacial score (nSPS) is 25.2. The standard InChI is InChI=1S/C17H23NO3/c1-13(18-19)15-6-2-3-7-16(15)21-14-8-11-20-17(12-14)9-4-5-10-17/h2-3,6-7,14,19H,4-5,8-12H2,1H3/b18-13-. The second kappa shape index (κ2) is 6.06. The number of ether oxygens (including phenoxy) is 2. The molecule has 1 spiro atoms. The van der Waals surface area contributed by atoms with Crippen LogP contribution in [-0.4, -0.2) is 29.2 Å². The van der Waals surface area contributed by atoms with Crippen LogP contribution in [0.5, 0.6) is 5.75 Å². The summed E-state index contributed by atoms with van der Waals surface area (Å²) in [5.74, 6) is 0.799. The molecule has 4 heteroatoms. The Morgan fingerprint density at radius 3 is 2.86 bits per heavy atom. The summed E-state index contributed by atoms with van der Waals surface area (Å²) < 4.78 is 12.3. The maximum atomic E-state index is 9.00. The van der Waals surface area contributed by atoms with E-state index in [0.717, 1.165) is 43.6 Å². The number of rotatable bonds is 3. The summed E-state index contributed by atoms with van der Waals surface area (Å²) in [6.45, 7) is 2.56. The van der Waals surface area contributed by atoms with Crippen LogP contribution < -0.4 is 4.74 Å². The Hall–Kier alpha value is -1.55. The van der Waals surface area contributed by atoms with Crippen molar-refractivity contribution in [1.29, 1.82) is 0 Å². The highest BCUT2D eigenvalue weighted by Gasteiger charge is 2.40. The lowest BCUT2D eigenvalue weighted by Gasteiger charge is -2.38. The van der Waals surface area contributed by atoms with Crippen molar-refractivity contribution in [3.05, 3.63) is 29.8 Å². The van der Waals surface area contributed by atoms with Crippen LogP contribution in [0.4, 0.5) is 0 Å². The maximum absolute atomic E-state index is 9.00. The van der Waals surface area contributed by atoms with Crippen LogP contribution in [0.2, 0.25) is 0 Å². The molecule has 1 aliphatic heterocycles. The molecule has 0 amide bonds. The molecule has 1 aromatic carbocycles. The summed E-state index contributed by atoms with van der Waals surface area (Å²) in [6, 6.07) is 7.75. The first-order valence-electron chi connectivity index (χ1n) is 7.81. The lowest BCUT2D eigenvalue weighted by Crippen LogP contribution is -2.41. The van der Waals surface area contributed by atoms with Crippen molar-refractivity contribution in [1.82, 2.24) is 0 Å². The van der Waals surface area contributed by atoms with Crippen molar-refractivity contribution in [3.8, 4) is 5.75 Å². The van der Waals surface area contributed by atoms with Gasteiger partial charge in [0.15, 0.2) is 0 Å². The summed E-state index contributed by atoms with van der Waals surface area (Å²) in [4.78, 5) is 0. The quantitative estimate of drug-likeness (QED) is 0.523. The van der Waals surface area contributed by atoms with Gasteiger partial charge >= 0.3 is 0 Å². The highest BCUT2D eigenvalue weighted by atomic mass is 16.5. The topological polar surface area (TPSA) is 51.1 Å². The van der Waals surface area contributed by atoms with E-state index < -0.39 is 0 Å². The summed E-state index contributed by atoms with van der Waals surface area (Å²) >= 11 is 0. The minimum Gasteiger partial charge on any atom is -0.490 e. The van der Waals surface area contributed by atoms with Crippen LogP contribution in [0.15, 0.2) is 29.4 Å². The number of hydrogen-bond donors (Lipinski definition) is 1. The van der Waals surface area contributed by atoms with Gasteiger partial charge in [0.2, 0.25) is 0 Å². The molecule has 21 heavy (non-hydrogen) atoms. The first-order valence-corrected chi connectivity index (χ1v) is 7.81. The molecule has 2 aliphatic rings. The molecule has 1 atom stereocenters. The van der Waals surface area contributed by atoms with Gasteiger partial charge < -0.3 is 14.7 Å². The first-order chi connectivity index (χ1) is 10.2. The second-order valence-electron chi connectivity index (χ2n) is 6.15. The Balaban J connectivity index is 1.74. The SMILES string of the molecule is C/C(=N/O)c1ccccc1OC1CCOC2(CCCC2)C1. The van der Waals surface area contributed by atoms with Crippen LogP contribution in [0.1, 0.15) is 51.0 Å². The maximum Gasteiger partial charge on any atom is 0.128 e. The number of oxime groups is 1. The lowest BCUT2D eigenvalue weighted by atomic mass is 9.90. The summed E-state index contributed by atoms with van der Waals surface area (Å²) in [6.07, 6.45) is 6.92. The van der Waals surface area contributed by atoms with Crippen molar-refractivity contribution in [2.75, 3.05) is 6.61 Å². The van der Waals surface area contributed by atoms with Crippen LogP contribution in [0, 0.1) is 0 Å². The third-order valence-corrected chi connectivity index (χ3v) is 4.68. The van der Waals surface area contributed by atoms with Gasteiger partial charge in [0.1, 0.15) is 11.9 Å². The summed E-state index contributed by atoms with van der Waals surface area (Å²) in [5, 5.41) is 12.3. The molecule has 1 unspecified atom stereocenters. The van der Waals surface area contributed by atoms with E-state index in [1.165, 1.54) is 12.8 Å². The Labute approximate surface area is 125 Å². The van der Waals surface area contributed by atoms with Crippen LogP contribution in [0.25, 0.3) is 0 Å². The smallest absolute Gasteiger partial charge is 0.128 e. The molecule has 1 saturated carbocycles. The van der Waals surface area contributed by atoms with Crippen LogP contribution in [0.3, 0.4) is 0 Å². The fraction of sp³-hybridized carbons (Fsp3) is 0.588. The molecule has 114 valence electrons. The van der Waals surface area contributed by atoms with Crippen molar-refractivity contribution < 1.29 is 14.7 Å². The molecule has 0 bridgehead atoms. The summed E-state index contributed by atoms with van der Waals surface area (Å²) in [7, 11) is 0. The average Bonchev–Trinajstić information content (AvgIpc) is 2.95. The van der Waals surface area contributed by atoms with E-state index in [1.54, 1.807) is 6.92 Å². The zero-order valence-corrected chi connectivity index (χ0v) is 12.5. The van der Waals surface area contributed by atoms with Gasteiger partial charge in [0, 0.05) is 18.4 Å². The lowest BCUT2D eigenvalue weighted by molar-refractivity contribution is -0.108. The number of para-hydroxylation sites is 1. The van der Waals surface area contributed by atoms with Crippen molar-refractivity contribution >= 4 is 5.71 Å². The van der Waals surface area contributed by atoms with Gasteiger partial charge in [-0.05, 0) is 31.9 Å². The van der Waals surface area contributed by atoms with E-state index in [-0.39, 0.29) is 11.7 Å². The van der Waals surface area contributed by atoms with Gasteiger partial charge in [-0.1, -0.05) is 30.1 Å². The molecule has 4 nitrogen and oxygen atoms in total. The van der Waals surface area contributed by atoms with Gasteiger partial charge in [-0.15, -0.1) is 0 Å². The minimum absolute atomic E-state index is 0.0535. The molecule has 1 N–H and O–H groups in total. The van der Waals surface area contributed by atoms with Crippen molar-refractivity contribution in [2.45, 2.75) is 57.2 Å². The largest absolute Gasteiger partial charge is 0.490 e. The van der Waals surface area contributed by atoms with E-state index in [2.05, 4.69) is 5.16 Å². The van der Waals surface area contributed by atoms with Gasteiger partial charge in [-0.25, -0.2) is 0 Å². The molecular weight excluding hydrogens is 266 g/mol. The molecule has 1 aromatic rings. The number of nitrogens with zero attached hydrogens (tertiary/aromatic N) is 1. The Bertz CT molecular complexity index is 521. The highest BCUT2D eigenvalue weighted by Crippen LogP contribution is 2.41. The number of benzene rings is 1. The van der Waals surface area contributed by atoms with Crippen LogP contribution >= 0.6 is 0 Å². The van der Waals surface area contributed by atoms with Gasteiger partial charge in [0.25, 0.3) is 0 Å². The van der Waals surface area contributed by atoms with E-state index in [0.29, 0.717) is 5.71 Å². The van der Waals surface area contributed by atoms with E-state index in [1.807, 2.05) is 24.3 Å². The minimum atomic E-state index is 0.0535. The molecule has 0 aromatic heterocycles. The first kappa shape index (κ1) is 14.4. The van der Waals surface area contributed by atoms with Crippen molar-refractivity contribution in [2.24, 2.45) is 5.16 Å². The van der Waals surface area contributed by atoms with Gasteiger partial charge in [0.05, 0.1) is 17.9 Å². The average molecular weight is 289 g/mol. The molecular formula is C17H23NO3. The van der Waals surface area contributed by atoms with Crippen LogP contribution in [-0.2, 0) is 4.74 Å². The predicted octanol–water partition coefficient (Wildman–Crippen LogP) is 3.76. The fourth-order valence-corrected chi connectivity index (χ4v) is 3.55. The molecule has 0 radical (unpaired) electrons.